The van der Waals surface area contributed by atoms with Crippen LogP contribution in [-0.2, 0) is 6.42 Å². The van der Waals surface area contributed by atoms with E-state index in [-0.39, 0.29) is 0 Å². The highest BCUT2D eigenvalue weighted by Crippen LogP contribution is 2.50. The minimum atomic E-state index is 0.349. The van der Waals surface area contributed by atoms with Crippen LogP contribution >= 0.6 is 0 Å². The minimum absolute atomic E-state index is 0.349. The molecule has 0 aliphatic heterocycles. The van der Waals surface area contributed by atoms with Crippen molar-refractivity contribution in [2.45, 2.75) is 45.4 Å². The smallest absolute Gasteiger partial charge is 0.0462 e. The maximum Gasteiger partial charge on any atom is 0.0462 e. The van der Waals surface area contributed by atoms with Crippen molar-refractivity contribution in [3.63, 3.8) is 0 Å². The number of benzene rings is 1. The molecule has 0 aromatic heterocycles. The second-order valence-corrected chi connectivity index (χ2v) is 6.85. The maximum absolute atomic E-state index is 9.71. The van der Waals surface area contributed by atoms with E-state index in [1.54, 1.807) is 0 Å². The van der Waals surface area contributed by atoms with Crippen LogP contribution in [0.1, 0.15) is 43.2 Å². The van der Waals surface area contributed by atoms with Gasteiger partial charge in [0, 0.05) is 6.61 Å². The second kappa shape index (κ2) is 5.66. The van der Waals surface area contributed by atoms with Crippen molar-refractivity contribution >= 4 is 0 Å². The van der Waals surface area contributed by atoms with Gasteiger partial charge in [0.1, 0.15) is 0 Å². The van der Waals surface area contributed by atoms with Gasteiger partial charge < -0.3 is 5.11 Å². The molecule has 104 valence electrons. The topological polar surface area (TPSA) is 20.2 Å². The molecule has 1 N–H and O–H groups in total. The van der Waals surface area contributed by atoms with E-state index in [0.29, 0.717) is 12.5 Å². The lowest BCUT2D eigenvalue weighted by Crippen LogP contribution is -2.19. The Morgan fingerprint density at radius 1 is 1.21 bits per heavy atom. The summed E-state index contributed by atoms with van der Waals surface area (Å²) >= 11 is 0. The van der Waals surface area contributed by atoms with Gasteiger partial charge in [-0.05, 0) is 73.8 Å². The molecule has 0 amide bonds. The highest BCUT2D eigenvalue weighted by Gasteiger charge is 2.39. The van der Waals surface area contributed by atoms with Gasteiger partial charge in [0.15, 0.2) is 0 Å². The molecule has 1 aromatic carbocycles. The minimum Gasteiger partial charge on any atom is -0.396 e. The van der Waals surface area contributed by atoms with Gasteiger partial charge in [-0.1, -0.05) is 30.7 Å². The lowest BCUT2D eigenvalue weighted by atomic mass is 9.80. The van der Waals surface area contributed by atoms with Crippen LogP contribution in [-0.4, -0.2) is 11.7 Å². The van der Waals surface area contributed by atoms with Crippen LogP contribution in [0.15, 0.2) is 24.3 Å². The molecule has 1 aromatic rings. The predicted octanol–water partition coefficient (Wildman–Crippen LogP) is 3.97. The molecule has 2 aliphatic carbocycles. The molecule has 2 aliphatic rings. The van der Waals surface area contributed by atoms with Crippen LogP contribution in [0.3, 0.4) is 0 Å². The molecule has 0 radical (unpaired) electrons. The third-order valence-electron chi connectivity index (χ3n) is 5.55. The van der Waals surface area contributed by atoms with Gasteiger partial charge in [-0.15, -0.1) is 0 Å². The fourth-order valence-electron chi connectivity index (χ4n) is 4.47. The Labute approximate surface area is 117 Å². The molecule has 4 atom stereocenters. The number of aliphatic hydroxyl groups is 1. The van der Waals surface area contributed by atoms with Crippen molar-refractivity contribution in [2.75, 3.05) is 6.61 Å². The van der Waals surface area contributed by atoms with Crippen LogP contribution in [0.25, 0.3) is 0 Å². The van der Waals surface area contributed by atoms with E-state index in [0.717, 1.165) is 24.2 Å². The molecule has 1 nitrogen and oxygen atoms in total. The summed E-state index contributed by atoms with van der Waals surface area (Å²) < 4.78 is 0. The molecule has 3 rings (SSSR count). The summed E-state index contributed by atoms with van der Waals surface area (Å²) in [7, 11) is 0. The van der Waals surface area contributed by atoms with E-state index in [9.17, 15) is 5.11 Å². The number of aliphatic hydroxyl groups excluding tert-OH is 1. The van der Waals surface area contributed by atoms with Crippen LogP contribution in [0.2, 0.25) is 0 Å². The van der Waals surface area contributed by atoms with Gasteiger partial charge in [0.2, 0.25) is 0 Å². The lowest BCUT2D eigenvalue weighted by molar-refractivity contribution is 0.178. The van der Waals surface area contributed by atoms with E-state index in [1.807, 2.05) is 0 Å². The van der Waals surface area contributed by atoms with Crippen LogP contribution in [0.4, 0.5) is 0 Å². The van der Waals surface area contributed by atoms with Crippen LogP contribution in [0.5, 0.6) is 0 Å². The maximum atomic E-state index is 9.71. The SMILES string of the molecule is Cc1ccccc1CC(CO)CC1CC2CCC1C2. The largest absolute Gasteiger partial charge is 0.396 e. The zero-order valence-electron chi connectivity index (χ0n) is 12.0. The van der Waals surface area contributed by atoms with Crippen molar-refractivity contribution < 1.29 is 5.11 Å². The Hall–Kier alpha value is -0.820. The summed E-state index contributed by atoms with van der Waals surface area (Å²) in [6.07, 6.45) is 8.14. The molecule has 2 bridgehead atoms. The first-order valence-electron chi connectivity index (χ1n) is 7.91. The Morgan fingerprint density at radius 3 is 2.68 bits per heavy atom. The van der Waals surface area contributed by atoms with Crippen LogP contribution < -0.4 is 0 Å². The van der Waals surface area contributed by atoms with Gasteiger partial charge in [-0.3, -0.25) is 0 Å². The average molecular weight is 258 g/mol. The molecular formula is C18H26O. The zero-order chi connectivity index (χ0) is 13.2. The van der Waals surface area contributed by atoms with Crippen molar-refractivity contribution in [1.82, 2.24) is 0 Å². The lowest BCUT2D eigenvalue weighted by Gasteiger charge is -2.26. The summed E-state index contributed by atoms with van der Waals surface area (Å²) in [5.74, 6) is 3.37. The first-order valence-corrected chi connectivity index (χ1v) is 7.91. The van der Waals surface area contributed by atoms with E-state index < -0.39 is 0 Å². The molecule has 19 heavy (non-hydrogen) atoms. The van der Waals surface area contributed by atoms with Gasteiger partial charge in [0.25, 0.3) is 0 Å². The summed E-state index contributed by atoms with van der Waals surface area (Å²) in [5, 5.41) is 9.71. The Bertz CT molecular complexity index is 425. The molecule has 2 saturated carbocycles. The van der Waals surface area contributed by atoms with E-state index in [2.05, 4.69) is 31.2 Å². The van der Waals surface area contributed by atoms with Gasteiger partial charge in [-0.25, -0.2) is 0 Å². The average Bonchev–Trinajstić information content (AvgIpc) is 3.02. The summed E-state index contributed by atoms with van der Waals surface area (Å²) in [4.78, 5) is 0. The molecule has 0 spiro atoms. The molecule has 2 fully saturated rings. The van der Waals surface area contributed by atoms with E-state index >= 15 is 0 Å². The quantitative estimate of drug-likeness (QED) is 0.847. The zero-order valence-corrected chi connectivity index (χ0v) is 12.0. The Morgan fingerprint density at radius 2 is 2.05 bits per heavy atom. The molecule has 4 unspecified atom stereocenters. The number of hydrogen-bond acceptors (Lipinski definition) is 1. The van der Waals surface area contributed by atoms with Crippen molar-refractivity contribution in [1.29, 1.82) is 0 Å². The number of rotatable bonds is 5. The summed E-state index contributed by atoms with van der Waals surface area (Å²) in [6.45, 7) is 2.53. The molecule has 0 saturated heterocycles. The van der Waals surface area contributed by atoms with Crippen molar-refractivity contribution in [3.05, 3.63) is 35.4 Å². The fourth-order valence-corrected chi connectivity index (χ4v) is 4.47. The molecule has 1 heteroatoms. The van der Waals surface area contributed by atoms with Crippen molar-refractivity contribution in [2.24, 2.45) is 23.7 Å². The number of aryl methyl sites for hydroxylation is 1. The molecule has 0 heterocycles. The third kappa shape index (κ3) is 2.86. The van der Waals surface area contributed by atoms with Crippen LogP contribution in [0, 0.1) is 30.6 Å². The number of hydrogen-bond donors (Lipinski definition) is 1. The monoisotopic (exact) mass is 258 g/mol. The standard InChI is InChI=1S/C18H26O/c1-13-4-2-3-5-16(13)10-15(12-19)11-18-9-14-6-7-17(18)8-14/h2-5,14-15,17-19H,6-12H2,1H3. The van der Waals surface area contributed by atoms with Gasteiger partial charge in [0.05, 0.1) is 0 Å². The first-order chi connectivity index (χ1) is 9.26. The van der Waals surface area contributed by atoms with E-state index in [4.69, 9.17) is 0 Å². The van der Waals surface area contributed by atoms with Crippen molar-refractivity contribution in [3.8, 4) is 0 Å². The van der Waals surface area contributed by atoms with E-state index in [1.165, 1.54) is 43.2 Å². The molecular weight excluding hydrogens is 232 g/mol. The highest BCUT2D eigenvalue weighted by molar-refractivity contribution is 5.25. The highest BCUT2D eigenvalue weighted by atomic mass is 16.3. The Kier molecular flexibility index (Phi) is 3.93. The summed E-state index contributed by atoms with van der Waals surface area (Å²) in [6, 6.07) is 8.62. The van der Waals surface area contributed by atoms with Gasteiger partial charge >= 0.3 is 0 Å². The Balaban J connectivity index is 1.60. The number of fused-ring (bicyclic) bond motifs is 2. The third-order valence-corrected chi connectivity index (χ3v) is 5.55. The first kappa shape index (κ1) is 13.2. The predicted molar refractivity (Wildman–Crippen MR) is 79.0 cm³/mol. The second-order valence-electron chi connectivity index (χ2n) is 6.85. The van der Waals surface area contributed by atoms with Gasteiger partial charge in [-0.2, -0.15) is 0 Å². The fraction of sp³-hybridized carbons (Fsp3) is 0.667. The summed E-state index contributed by atoms with van der Waals surface area (Å²) in [5.41, 5.74) is 2.79. The normalized spacial score (nSPS) is 30.7.